The van der Waals surface area contributed by atoms with E-state index >= 15 is 0 Å². The van der Waals surface area contributed by atoms with Gasteiger partial charge in [0.05, 0.1) is 6.04 Å². The maximum atomic E-state index is 12.6. The maximum Gasteiger partial charge on any atom is 0.410 e. The largest absolute Gasteiger partial charge is 0.508 e. The highest BCUT2D eigenvalue weighted by Crippen LogP contribution is 2.22. The molecular formula is C18H26N2O4. The predicted molar refractivity (Wildman–Crippen MR) is 90.6 cm³/mol. The Bertz CT molecular complexity index is 592. The second kappa shape index (κ2) is 7.11. The number of ether oxygens (including phenoxy) is 1. The Morgan fingerprint density at radius 2 is 1.92 bits per heavy atom. The van der Waals surface area contributed by atoms with Crippen LogP contribution in [0.2, 0.25) is 0 Å². The first-order valence-corrected chi connectivity index (χ1v) is 8.26. The molecule has 2 unspecified atom stereocenters. The van der Waals surface area contributed by atoms with E-state index in [1.807, 2.05) is 27.7 Å². The topological polar surface area (TPSA) is 78.9 Å². The normalized spacial score (nSPS) is 19.0. The number of phenols is 1. The molecule has 2 atom stereocenters. The summed E-state index contributed by atoms with van der Waals surface area (Å²) in [6.45, 7) is 7.83. The average molecular weight is 334 g/mol. The van der Waals surface area contributed by atoms with Crippen molar-refractivity contribution in [1.29, 1.82) is 0 Å². The van der Waals surface area contributed by atoms with Gasteiger partial charge in [-0.15, -0.1) is 0 Å². The molecule has 1 aliphatic heterocycles. The fourth-order valence-corrected chi connectivity index (χ4v) is 2.73. The van der Waals surface area contributed by atoms with Gasteiger partial charge in [0.15, 0.2) is 0 Å². The third-order valence-electron chi connectivity index (χ3n) is 3.94. The standard InChI is InChI=1S/C18H26N2O4/c1-12(13-7-9-14(21)10-8-13)19-16(22)15-6-5-11-20(15)17(23)24-18(2,3)4/h7-10,12,15,21H,5-6,11H2,1-4H3,(H,19,22). The first kappa shape index (κ1) is 18.1. The van der Waals surface area contributed by atoms with Gasteiger partial charge in [-0.25, -0.2) is 4.79 Å². The zero-order valence-electron chi connectivity index (χ0n) is 14.7. The van der Waals surface area contributed by atoms with Crippen molar-refractivity contribution in [2.75, 3.05) is 6.54 Å². The third kappa shape index (κ3) is 4.63. The van der Waals surface area contributed by atoms with E-state index in [-0.39, 0.29) is 17.7 Å². The van der Waals surface area contributed by atoms with Gasteiger partial charge in [0, 0.05) is 6.54 Å². The second-order valence-electron chi connectivity index (χ2n) is 7.15. The van der Waals surface area contributed by atoms with Gasteiger partial charge in [-0.3, -0.25) is 9.69 Å². The number of rotatable bonds is 3. The van der Waals surface area contributed by atoms with Crippen molar-refractivity contribution in [3.63, 3.8) is 0 Å². The quantitative estimate of drug-likeness (QED) is 0.891. The first-order valence-electron chi connectivity index (χ1n) is 8.26. The molecule has 0 saturated carbocycles. The van der Waals surface area contributed by atoms with Gasteiger partial charge in [-0.2, -0.15) is 0 Å². The van der Waals surface area contributed by atoms with E-state index in [0.29, 0.717) is 13.0 Å². The minimum Gasteiger partial charge on any atom is -0.508 e. The Labute approximate surface area is 142 Å². The summed E-state index contributed by atoms with van der Waals surface area (Å²) in [5, 5.41) is 12.3. The van der Waals surface area contributed by atoms with Crippen molar-refractivity contribution in [1.82, 2.24) is 10.2 Å². The molecule has 132 valence electrons. The van der Waals surface area contributed by atoms with Crippen LogP contribution in [0, 0.1) is 0 Å². The van der Waals surface area contributed by atoms with Crippen LogP contribution in [0.5, 0.6) is 5.75 Å². The summed E-state index contributed by atoms with van der Waals surface area (Å²) in [5.41, 5.74) is 0.308. The van der Waals surface area contributed by atoms with Gasteiger partial charge in [-0.05, 0) is 58.2 Å². The van der Waals surface area contributed by atoms with E-state index in [4.69, 9.17) is 4.74 Å². The van der Waals surface area contributed by atoms with Crippen LogP contribution in [0.25, 0.3) is 0 Å². The van der Waals surface area contributed by atoms with Gasteiger partial charge in [0.1, 0.15) is 17.4 Å². The number of carbonyl (C=O) groups excluding carboxylic acids is 2. The van der Waals surface area contributed by atoms with Crippen LogP contribution >= 0.6 is 0 Å². The molecule has 0 aromatic heterocycles. The van der Waals surface area contributed by atoms with Crippen molar-refractivity contribution in [3.8, 4) is 5.75 Å². The molecule has 24 heavy (non-hydrogen) atoms. The second-order valence-corrected chi connectivity index (χ2v) is 7.15. The van der Waals surface area contributed by atoms with Crippen molar-refractivity contribution < 1.29 is 19.4 Å². The number of hydrogen-bond acceptors (Lipinski definition) is 4. The van der Waals surface area contributed by atoms with Crippen LogP contribution in [0.4, 0.5) is 4.79 Å². The monoisotopic (exact) mass is 334 g/mol. The molecule has 6 heteroatoms. The first-order chi connectivity index (χ1) is 11.2. The van der Waals surface area contributed by atoms with Crippen LogP contribution in [0.15, 0.2) is 24.3 Å². The molecule has 0 bridgehead atoms. The Morgan fingerprint density at radius 3 is 2.50 bits per heavy atom. The fraction of sp³-hybridized carbons (Fsp3) is 0.556. The van der Waals surface area contributed by atoms with Gasteiger partial charge in [0.25, 0.3) is 0 Å². The van der Waals surface area contributed by atoms with Gasteiger partial charge < -0.3 is 15.2 Å². The molecule has 0 aliphatic carbocycles. The minimum atomic E-state index is -0.583. The Balaban J connectivity index is 2.00. The van der Waals surface area contributed by atoms with E-state index < -0.39 is 17.7 Å². The number of carbonyl (C=O) groups is 2. The number of nitrogens with one attached hydrogen (secondary N) is 1. The summed E-state index contributed by atoms with van der Waals surface area (Å²) in [4.78, 5) is 26.3. The molecule has 2 rings (SSSR count). The van der Waals surface area contributed by atoms with Crippen LogP contribution in [-0.2, 0) is 9.53 Å². The highest BCUT2D eigenvalue weighted by atomic mass is 16.6. The van der Waals surface area contributed by atoms with Gasteiger partial charge >= 0.3 is 6.09 Å². The zero-order valence-corrected chi connectivity index (χ0v) is 14.7. The highest BCUT2D eigenvalue weighted by molar-refractivity contribution is 5.86. The summed E-state index contributed by atoms with van der Waals surface area (Å²) >= 11 is 0. The van der Waals surface area contributed by atoms with E-state index in [2.05, 4.69) is 5.32 Å². The minimum absolute atomic E-state index is 0.182. The van der Waals surface area contributed by atoms with Crippen molar-refractivity contribution in [2.24, 2.45) is 0 Å². The van der Waals surface area contributed by atoms with Crippen molar-refractivity contribution in [2.45, 2.75) is 58.2 Å². The van der Waals surface area contributed by atoms with Crippen LogP contribution in [0.1, 0.15) is 52.1 Å². The molecule has 2 amide bonds. The van der Waals surface area contributed by atoms with E-state index in [1.54, 1.807) is 24.3 Å². The zero-order chi connectivity index (χ0) is 17.9. The summed E-state index contributed by atoms with van der Waals surface area (Å²) in [6.07, 6.45) is 0.968. The van der Waals surface area contributed by atoms with Gasteiger partial charge in [0.2, 0.25) is 5.91 Å². The molecule has 1 heterocycles. The van der Waals surface area contributed by atoms with E-state index in [9.17, 15) is 14.7 Å². The smallest absolute Gasteiger partial charge is 0.410 e. The van der Waals surface area contributed by atoms with Crippen LogP contribution in [-0.4, -0.2) is 40.2 Å². The predicted octanol–water partition coefficient (Wildman–Crippen LogP) is 2.97. The summed E-state index contributed by atoms with van der Waals surface area (Å²) < 4.78 is 5.38. The molecule has 2 N–H and O–H groups in total. The van der Waals surface area contributed by atoms with E-state index in [0.717, 1.165) is 12.0 Å². The van der Waals surface area contributed by atoms with Crippen molar-refractivity contribution >= 4 is 12.0 Å². The number of nitrogens with zero attached hydrogens (tertiary/aromatic N) is 1. The Hall–Kier alpha value is -2.24. The molecular weight excluding hydrogens is 308 g/mol. The lowest BCUT2D eigenvalue weighted by Crippen LogP contribution is -2.48. The lowest BCUT2D eigenvalue weighted by atomic mass is 10.1. The number of amides is 2. The lowest BCUT2D eigenvalue weighted by Gasteiger charge is -2.28. The summed E-state index contributed by atoms with van der Waals surface area (Å²) in [6, 6.07) is 5.99. The summed E-state index contributed by atoms with van der Waals surface area (Å²) in [5.74, 6) is 0.00287. The molecule has 6 nitrogen and oxygen atoms in total. The molecule has 1 aromatic carbocycles. The molecule has 0 spiro atoms. The maximum absolute atomic E-state index is 12.6. The SMILES string of the molecule is CC(NC(=O)C1CCCN1C(=O)OC(C)(C)C)c1ccc(O)cc1. The Morgan fingerprint density at radius 1 is 1.29 bits per heavy atom. The van der Waals surface area contributed by atoms with Crippen molar-refractivity contribution in [3.05, 3.63) is 29.8 Å². The number of hydrogen-bond donors (Lipinski definition) is 2. The van der Waals surface area contributed by atoms with Crippen LogP contribution < -0.4 is 5.32 Å². The number of benzene rings is 1. The summed E-state index contributed by atoms with van der Waals surface area (Å²) in [7, 11) is 0. The Kier molecular flexibility index (Phi) is 5.36. The average Bonchev–Trinajstić information content (AvgIpc) is 2.95. The highest BCUT2D eigenvalue weighted by Gasteiger charge is 2.36. The fourth-order valence-electron chi connectivity index (χ4n) is 2.73. The third-order valence-corrected chi connectivity index (χ3v) is 3.94. The molecule has 1 saturated heterocycles. The molecule has 1 aromatic rings. The molecule has 1 fully saturated rings. The van der Waals surface area contributed by atoms with Crippen LogP contribution in [0.3, 0.4) is 0 Å². The van der Waals surface area contributed by atoms with Gasteiger partial charge in [-0.1, -0.05) is 12.1 Å². The molecule has 0 radical (unpaired) electrons. The number of likely N-dealkylation sites (tertiary alicyclic amines) is 1. The number of phenolic OH excluding ortho intramolecular Hbond substituents is 1. The van der Waals surface area contributed by atoms with E-state index in [1.165, 1.54) is 4.90 Å². The number of aromatic hydroxyl groups is 1. The lowest BCUT2D eigenvalue weighted by molar-refractivity contribution is -0.126. The molecule has 1 aliphatic rings.